The lowest BCUT2D eigenvalue weighted by Crippen LogP contribution is -2.27. The molecule has 2 heteroatoms. The molecule has 0 saturated carbocycles. The minimum absolute atomic E-state index is 0. The van der Waals surface area contributed by atoms with Crippen LogP contribution in [0.4, 0.5) is 0 Å². The molecule has 2 nitrogen and oxygen atoms in total. The molecule has 0 unspecified atom stereocenters. The molecule has 0 aliphatic carbocycles. The van der Waals surface area contributed by atoms with Crippen LogP contribution < -0.4 is 5.32 Å². The van der Waals surface area contributed by atoms with Gasteiger partial charge in [0, 0.05) is 14.4 Å². The van der Waals surface area contributed by atoms with E-state index >= 15 is 0 Å². The second-order valence-corrected chi connectivity index (χ2v) is 1.86. The Bertz CT molecular complexity index is 74.0. The number of carbonyl (C=O) groups excluding carboxylic acids is 1. The van der Waals surface area contributed by atoms with Gasteiger partial charge in [0.1, 0.15) is 0 Å². The van der Waals surface area contributed by atoms with Crippen molar-refractivity contribution in [1.82, 2.24) is 5.32 Å². The lowest BCUT2D eigenvalue weighted by molar-refractivity contribution is -0.119. The van der Waals surface area contributed by atoms with Crippen molar-refractivity contribution in [3.63, 3.8) is 0 Å². The van der Waals surface area contributed by atoms with E-state index < -0.39 is 0 Å². The van der Waals surface area contributed by atoms with Gasteiger partial charge in [-0.25, -0.2) is 0 Å². The molecule has 0 fully saturated rings. The molecule has 0 atom stereocenters. The number of rotatable bonds is 1. The largest absolute Gasteiger partial charge is 0.354 e. The van der Waals surface area contributed by atoms with E-state index in [0.29, 0.717) is 0 Å². The summed E-state index contributed by atoms with van der Waals surface area (Å²) in [5, 5.41) is 2.67. The van der Waals surface area contributed by atoms with Crippen molar-refractivity contribution in [2.24, 2.45) is 0 Å². The number of nitrogens with one attached hydrogen (secondary N) is 1. The van der Waals surface area contributed by atoms with Gasteiger partial charge in [-0.3, -0.25) is 4.79 Å². The zero-order valence-electron chi connectivity index (χ0n) is 6.99. The van der Waals surface area contributed by atoms with E-state index in [1.807, 2.05) is 27.7 Å². The number of hydrogen-bond donors (Lipinski definition) is 1. The normalized spacial score (nSPS) is 7.78. The summed E-state index contributed by atoms with van der Waals surface area (Å²) in [6.07, 6.45) is 0. The van der Waals surface area contributed by atoms with Crippen LogP contribution in [0.2, 0.25) is 0 Å². The van der Waals surface area contributed by atoms with Gasteiger partial charge in [0.15, 0.2) is 0 Å². The number of hydrogen-bond acceptors (Lipinski definition) is 1. The molecule has 0 heterocycles. The minimum atomic E-state index is 0. The molecule has 1 N–H and O–H groups in total. The van der Waals surface area contributed by atoms with Crippen LogP contribution in [-0.2, 0) is 4.79 Å². The van der Waals surface area contributed by atoms with Gasteiger partial charge in [0.2, 0.25) is 5.91 Å². The van der Waals surface area contributed by atoms with Crippen molar-refractivity contribution in [2.45, 2.75) is 40.7 Å². The lowest BCUT2D eigenvalue weighted by atomic mass is 10.4. The van der Waals surface area contributed by atoms with Gasteiger partial charge in [-0.1, -0.05) is 13.8 Å². The van der Waals surface area contributed by atoms with Crippen LogP contribution in [0.3, 0.4) is 0 Å². The molecule has 0 aliphatic rings. The molecule has 9 heavy (non-hydrogen) atoms. The molecular formula is C7H19NO. The maximum absolute atomic E-state index is 10.1. The van der Waals surface area contributed by atoms with Crippen LogP contribution >= 0.6 is 0 Å². The SMILES string of the molecule is CC.CC(=O)NC(C)C.[HH]. The Hall–Kier alpha value is -0.530. The third kappa shape index (κ3) is 18.6. The molecule has 0 radical (unpaired) electrons. The monoisotopic (exact) mass is 133 g/mol. The van der Waals surface area contributed by atoms with Crippen molar-refractivity contribution in [3.8, 4) is 0 Å². The minimum Gasteiger partial charge on any atom is -0.354 e. The molecule has 0 spiro atoms. The topological polar surface area (TPSA) is 29.1 Å². The second-order valence-electron chi connectivity index (χ2n) is 1.86. The Morgan fingerprint density at radius 3 is 1.78 bits per heavy atom. The van der Waals surface area contributed by atoms with Crippen molar-refractivity contribution in [3.05, 3.63) is 0 Å². The zero-order chi connectivity index (χ0) is 7.86. The fourth-order valence-electron chi connectivity index (χ4n) is 0.407. The van der Waals surface area contributed by atoms with Crippen LogP contribution in [-0.4, -0.2) is 11.9 Å². The molecule has 0 saturated heterocycles. The van der Waals surface area contributed by atoms with Crippen LogP contribution in [0.5, 0.6) is 0 Å². The van der Waals surface area contributed by atoms with Gasteiger partial charge in [-0.15, -0.1) is 0 Å². The summed E-state index contributed by atoms with van der Waals surface area (Å²) >= 11 is 0. The predicted molar refractivity (Wildman–Crippen MR) is 42.4 cm³/mol. The quantitative estimate of drug-likeness (QED) is 0.580. The van der Waals surface area contributed by atoms with Crippen molar-refractivity contribution in [1.29, 1.82) is 0 Å². The molecular weight excluding hydrogens is 114 g/mol. The van der Waals surface area contributed by atoms with E-state index in [2.05, 4.69) is 5.32 Å². The lowest BCUT2D eigenvalue weighted by Gasteiger charge is -2.02. The van der Waals surface area contributed by atoms with E-state index in [1.54, 1.807) is 0 Å². The maximum Gasteiger partial charge on any atom is 0.217 e. The third-order valence-corrected chi connectivity index (χ3v) is 0.492. The van der Waals surface area contributed by atoms with Crippen molar-refractivity contribution in [2.75, 3.05) is 0 Å². The summed E-state index contributed by atoms with van der Waals surface area (Å²) in [6.45, 7) is 9.38. The van der Waals surface area contributed by atoms with Crippen LogP contribution in [0.25, 0.3) is 0 Å². The summed E-state index contributed by atoms with van der Waals surface area (Å²) in [7, 11) is 0. The van der Waals surface area contributed by atoms with Crippen LogP contribution in [0.1, 0.15) is 36.0 Å². The average molecular weight is 133 g/mol. The van der Waals surface area contributed by atoms with Crippen LogP contribution in [0.15, 0.2) is 0 Å². The summed E-state index contributed by atoms with van der Waals surface area (Å²) in [4.78, 5) is 10.1. The number of carbonyl (C=O) groups is 1. The predicted octanol–water partition coefficient (Wildman–Crippen LogP) is 1.80. The highest BCUT2D eigenvalue weighted by Gasteiger charge is 1.90. The third-order valence-electron chi connectivity index (χ3n) is 0.492. The molecule has 0 aliphatic heterocycles. The fourth-order valence-corrected chi connectivity index (χ4v) is 0.407. The first kappa shape index (κ1) is 11.3. The van der Waals surface area contributed by atoms with Crippen molar-refractivity contribution < 1.29 is 6.22 Å². The Kier molecular flexibility index (Phi) is 9.37. The van der Waals surface area contributed by atoms with Gasteiger partial charge in [-0.05, 0) is 13.8 Å². The summed E-state index contributed by atoms with van der Waals surface area (Å²) < 4.78 is 0. The fraction of sp³-hybridized carbons (Fsp3) is 0.857. The summed E-state index contributed by atoms with van der Waals surface area (Å²) in [5.41, 5.74) is 0. The first-order valence-electron chi connectivity index (χ1n) is 3.40. The van der Waals surface area contributed by atoms with Gasteiger partial charge in [0.25, 0.3) is 0 Å². The standard InChI is InChI=1S/C5H11NO.C2H6.H2/c1-4(2)6-5(3)7;1-2;/h4H,1-3H3,(H,6,7);1-2H3;1H. The Balaban J connectivity index is -0.000000149. The first-order valence-corrected chi connectivity index (χ1v) is 3.40. The highest BCUT2D eigenvalue weighted by atomic mass is 16.1. The van der Waals surface area contributed by atoms with Gasteiger partial charge < -0.3 is 5.32 Å². The smallest absolute Gasteiger partial charge is 0.217 e. The maximum atomic E-state index is 10.1. The molecule has 0 aromatic rings. The highest BCUT2D eigenvalue weighted by Crippen LogP contribution is 1.72. The Morgan fingerprint density at radius 2 is 1.78 bits per heavy atom. The number of amides is 1. The van der Waals surface area contributed by atoms with E-state index in [0.717, 1.165) is 0 Å². The first-order chi connectivity index (χ1) is 4.13. The molecule has 0 aromatic carbocycles. The Morgan fingerprint density at radius 1 is 1.44 bits per heavy atom. The van der Waals surface area contributed by atoms with Crippen molar-refractivity contribution >= 4 is 5.91 Å². The van der Waals surface area contributed by atoms with E-state index in [-0.39, 0.29) is 13.4 Å². The van der Waals surface area contributed by atoms with Gasteiger partial charge in [0.05, 0.1) is 0 Å². The molecule has 58 valence electrons. The summed E-state index contributed by atoms with van der Waals surface area (Å²) in [5.74, 6) is 0.0370. The highest BCUT2D eigenvalue weighted by molar-refractivity contribution is 5.73. The van der Waals surface area contributed by atoms with E-state index in [1.165, 1.54) is 6.92 Å². The van der Waals surface area contributed by atoms with E-state index in [9.17, 15) is 4.79 Å². The summed E-state index contributed by atoms with van der Waals surface area (Å²) in [6, 6.07) is 0.275. The molecule has 0 bridgehead atoms. The van der Waals surface area contributed by atoms with Gasteiger partial charge >= 0.3 is 0 Å². The zero-order valence-corrected chi connectivity index (χ0v) is 6.99. The van der Waals surface area contributed by atoms with Crippen LogP contribution in [0, 0.1) is 0 Å². The van der Waals surface area contributed by atoms with E-state index in [4.69, 9.17) is 0 Å². The van der Waals surface area contributed by atoms with Gasteiger partial charge in [-0.2, -0.15) is 0 Å². The Labute approximate surface area is 59.1 Å². The molecule has 0 rings (SSSR count). The molecule has 1 amide bonds. The molecule has 0 aromatic heterocycles. The average Bonchev–Trinajstić information content (AvgIpc) is 1.68. The second kappa shape index (κ2) is 7.47.